The van der Waals surface area contributed by atoms with Crippen molar-refractivity contribution in [2.45, 2.75) is 38.0 Å². The van der Waals surface area contributed by atoms with Crippen molar-refractivity contribution >= 4 is 46.0 Å². The van der Waals surface area contributed by atoms with Gasteiger partial charge in [-0.1, -0.05) is 73.3 Å². The molecule has 2 aliphatic rings. The first-order valence-corrected chi connectivity index (χ1v) is 16.4. The third-order valence-electron chi connectivity index (χ3n) is 9.15. The molecule has 6 rings (SSSR count). The Morgan fingerprint density at radius 2 is 1.86 bits per heavy atom. The maximum Gasteiger partial charge on any atom is 0.410 e. The minimum atomic E-state index is -0.521. The Morgan fingerprint density at radius 1 is 1.06 bits per heavy atom. The number of nitrogens with one attached hydrogen (secondary N) is 1. The second kappa shape index (κ2) is 15.0. The van der Waals surface area contributed by atoms with Gasteiger partial charge in [-0.05, 0) is 49.0 Å². The number of aromatic nitrogens is 2. The van der Waals surface area contributed by atoms with E-state index in [9.17, 15) is 14.9 Å². The van der Waals surface area contributed by atoms with E-state index in [1.54, 1.807) is 11.0 Å². The smallest absolute Gasteiger partial charge is 0.410 e. The Hall–Kier alpha value is -5.67. The van der Waals surface area contributed by atoms with Gasteiger partial charge in [0, 0.05) is 36.7 Å². The molecule has 0 spiro atoms. The first-order chi connectivity index (χ1) is 23.9. The number of nitrogens with zero attached hydrogens (tertiary/aromatic N) is 6. The molecule has 2 amide bonds. The highest BCUT2D eigenvalue weighted by Gasteiger charge is 2.34. The van der Waals surface area contributed by atoms with Crippen LogP contribution in [0.15, 0.2) is 73.3 Å². The van der Waals surface area contributed by atoms with Gasteiger partial charge in [-0.2, -0.15) is 15.2 Å². The molecule has 49 heavy (non-hydrogen) atoms. The summed E-state index contributed by atoms with van der Waals surface area (Å²) in [6, 6.07) is 22.8. The fraction of sp³-hybridized carbons (Fsp3) is 0.324. The van der Waals surface area contributed by atoms with Crippen molar-refractivity contribution in [1.82, 2.24) is 19.8 Å². The minimum Gasteiger partial charge on any atom is -0.462 e. The van der Waals surface area contributed by atoms with Crippen LogP contribution in [0, 0.1) is 11.3 Å². The Labute approximate surface area is 285 Å². The minimum absolute atomic E-state index is 0.0286. The van der Waals surface area contributed by atoms with Crippen molar-refractivity contribution in [2.24, 2.45) is 0 Å². The molecule has 2 aliphatic heterocycles. The molecular formula is C37H40N8O4. The summed E-state index contributed by atoms with van der Waals surface area (Å²) in [6.45, 7) is 6.22. The largest absolute Gasteiger partial charge is 0.462 e. The topological polar surface area (TPSA) is 150 Å². The lowest BCUT2D eigenvalue weighted by atomic mass is 10.0. The Morgan fingerprint density at radius 3 is 2.59 bits per heavy atom. The first kappa shape index (κ1) is 33.2. The summed E-state index contributed by atoms with van der Waals surface area (Å²) in [5, 5.41) is 14.5. The van der Waals surface area contributed by atoms with Crippen LogP contribution in [0.2, 0.25) is 0 Å². The third-order valence-corrected chi connectivity index (χ3v) is 9.15. The molecule has 0 saturated carbocycles. The number of hydrogen-bond acceptors (Lipinski definition) is 10. The zero-order valence-electron chi connectivity index (χ0n) is 27.5. The van der Waals surface area contributed by atoms with E-state index in [1.807, 2.05) is 71.6 Å². The number of carbonyl (C=O) groups excluding carboxylic acids is 2. The van der Waals surface area contributed by atoms with Gasteiger partial charge < -0.3 is 35.2 Å². The van der Waals surface area contributed by atoms with Gasteiger partial charge in [-0.3, -0.25) is 4.79 Å². The van der Waals surface area contributed by atoms with Crippen LogP contribution < -0.4 is 20.7 Å². The molecule has 2 saturated heterocycles. The number of hydrogen-bond donors (Lipinski definition) is 2. The molecular weight excluding hydrogens is 620 g/mol. The summed E-state index contributed by atoms with van der Waals surface area (Å²) >= 11 is 0. The molecule has 0 aliphatic carbocycles. The molecule has 252 valence electrons. The lowest BCUT2D eigenvalue weighted by Crippen LogP contribution is -2.55. The van der Waals surface area contributed by atoms with Crippen molar-refractivity contribution in [2.75, 3.05) is 55.8 Å². The molecule has 12 nitrogen and oxygen atoms in total. The van der Waals surface area contributed by atoms with Gasteiger partial charge in [0.2, 0.25) is 0 Å². The Kier molecular flexibility index (Phi) is 10.2. The molecule has 3 heterocycles. The van der Waals surface area contributed by atoms with Gasteiger partial charge in [-0.25, -0.2) is 4.79 Å². The van der Waals surface area contributed by atoms with Gasteiger partial charge in [0.1, 0.15) is 18.9 Å². The average molecular weight is 661 g/mol. The summed E-state index contributed by atoms with van der Waals surface area (Å²) < 4.78 is 11.7. The monoisotopic (exact) mass is 660 g/mol. The lowest BCUT2D eigenvalue weighted by molar-refractivity contribution is 0.0768. The van der Waals surface area contributed by atoms with Crippen LogP contribution in [-0.4, -0.2) is 83.7 Å². The van der Waals surface area contributed by atoms with Gasteiger partial charge in [-0.15, -0.1) is 0 Å². The van der Waals surface area contributed by atoms with Crippen LogP contribution >= 0.6 is 0 Å². The second-order valence-corrected chi connectivity index (χ2v) is 12.3. The molecule has 3 aromatic carbocycles. The maximum atomic E-state index is 14.0. The van der Waals surface area contributed by atoms with Crippen LogP contribution in [0.4, 0.5) is 22.0 Å². The first-order valence-electron chi connectivity index (χ1n) is 16.4. The van der Waals surface area contributed by atoms with E-state index >= 15 is 0 Å². The number of ether oxygens (including phenoxy) is 2. The molecule has 1 aromatic heterocycles. The van der Waals surface area contributed by atoms with Crippen molar-refractivity contribution < 1.29 is 19.1 Å². The van der Waals surface area contributed by atoms with Crippen LogP contribution in [-0.2, 0) is 11.3 Å². The van der Waals surface area contributed by atoms with E-state index in [0.29, 0.717) is 24.7 Å². The van der Waals surface area contributed by atoms with Crippen LogP contribution in [0.1, 0.15) is 40.9 Å². The Balaban J connectivity index is 1.28. The van der Waals surface area contributed by atoms with Gasteiger partial charge in [0.25, 0.3) is 5.91 Å². The van der Waals surface area contributed by atoms with Crippen molar-refractivity contribution in [3.05, 3.63) is 90.1 Å². The van der Waals surface area contributed by atoms with Gasteiger partial charge in [0.05, 0.1) is 18.5 Å². The predicted molar refractivity (Wildman–Crippen MR) is 189 cm³/mol. The number of fused-ring (bicyclic) bond motifs is 1. The molecule has 0 radical (unpaired) electrons. The molecule has 2 atom stereocenters. The predicted octanol–water partition coefficient (Wildman–Crippen LogP) is 5.32. The van der Waals surface area contributed by atoms with E-state index in [1.165, 1.54) is 0 Å². The number of likely N-dealkylation sites (tertiary alicyclic amines) is 1. The summed E-state index contributed by atoms with van der Waals surface area (Å²) in [5.41, 5.74) is 9.06. The number of rotatable bonds is 10. The van der Waals surface area contributed by atoms with E-state index in [2.05, 4.69) is 39.9 Å². The Bertz CT molecular complexity index is 1870. The van der Waals surface area contributed by atoms with E-state index < -0.39 is 18.0 Å². The summed E-state index contributed by atoms with van der Waals surface area (Å²) in [6.07, 6.45) is 3.37. The number of nitrogens with two attached hydrogens (primary N) is 1. The second-order valence-electron chi connectivity index (χ2n) is 12.3. The normalized spacial score (nSPS) is 17.8. The standard InChI is InChI=1S/C37H40N8O4/c1-3-26-12-7-13-27-14-8-16-30(31(26)27)40-35(46)33-32(39)34(42-36(41-33)48-24-29-15-9-19-43(29)2)44-20-21-45(28(22-44)17-18-38)37(47)49-23-25-10-5-4-6-11-25/h3-8,10-14,16,28-29H,1,9,15,17,19-24,39H2,2H3,(H,40,46)/t28-,29-/m0/s1. The molecule has 12 heteroatoms. The highest BCUT2D eigenvalue weighted by molar-refractivity contribution is 6.12. The molecule has 2 fully saturated rings. The number of anilines is 3. The lowest BCUT2D eigenvalue weighted by Gasteiger charge is -2.40. The summed E-state index contributed by atoms with van der Waals surface area (Å²) in [4.78, 5) is 42.0. The molecule has 0 unspecified atom stereocenters. The van der Waals surface area contributed by atoms with Gasteiger partial charge >= 0.3 is 12.1 Å². The molecule has 0 bridgehead atoms. The van der Waals surface area contributed by atoms with Crippen molar-refractivity contribution in [3.63, 3.8) is 0 Å². The summed E-state index contributed by atoms with van der Waals surface area (Å²) in [5.74, 6) is -0.216. The van der Waals surface area contributed by atoms with Crippen LogP contribution in [0.25, 0.3) is 16.8 Å². The maximum absolute atomic E-state index is 14.0. The van der Waals surface area contributed by atoms with Gasteiger partial charge in [0.15, 0.2) is 11.5 Å². The van der Waals surface area contributed by atoms with E-state index in [0.717, 1.165) is 41.3 Å². The zero-order chi connectivity index (χ0) is 34.3. The average Bonchev–Trinajstić information content (AvgIpc) is 3.54. The van der Waals surface area contributed by atoms with E-state index in [-0.39, 0.29) is 49.6 Å². The van der Waals surface area contributed by atoms with Crippen molar-refractivity contribution in [1.29, 1.82) is 5.26 Å². The van der Waals surface area contributed by atoms with Crippen LogP contribution in [0.3, 0.4) is 0 Å². The number of benzene rings is 3. The van der Waals surface area contributed by atoms with Crippen LogP contribution in [0.5, 0.6) is 6.01 Å². The number of piperazine rings is 1. The van der Waals surface area contributed by atoms with E-state index in [4.69, 9.17) is 15.2 Å². The quantitative estimate of drug-likeness (QED) is 0.229. The number of amides is 2. The summed E-state index contributed by atoms with van der Waals surface area (Å²) in [7, 11) is 2.05. The zero-order valence-corrected chi connectivity index (χ0v) is 27.5. The highest BCUT2D eigenvalue weighted by Crippen LogP contribution is 2.32. The molecule has 3 N–H and O–H groups in total. The fourth-order valence-electron chi connectivity index (χ4n) is 6.47. The molecule has 4 aromatic rings. The highest BCUT2D eigenvalue weighted by atomic mass is 16.6. The number of likely N-dealkylation sites (N-methyl/N-ethyl adjacent to an activating group) is 1. The number of nitrogen functional groups attached to an aromatic ring is 1. The number of nitriles is 1. The third kappa shape index (κ3) is 7.42. The SMILES string of the molecule is C=Cc1cccc2cccc(NC(=O)c3nc(OC[C@@H]4CCCN4C)nc(N4CCN(C(=O)OCc5ccccc5)[C@@H](CC#N)C4)c3N)c12. The fourth-order valence-corrected chi connectivity index (χ4v) is 6.47. The van der Waals surface area contributed by atoms with Crippen molar-refractivity contribution in [3.8, 4) is 12.1 Å². The number of carbonyl (C=O) groups is 2.